The molecule has 6 nitrogen and oxygen atoms in total. The summed E-state index contributed by atoms with van der Waals surface area (Å²) in [7, 11) is 1.60. The first-order valence-electron chi connectivity index (χ1n) is 10.1. The van der Waals surface area contributed by atoms with Crippen molar-refractivity contribution in [3.63, 3.8) is 0 Å². The fourth-order valence-corrected chi connectivity index (χ4v) is 3.00. The van der Waals surface area contributed by atoms with Crippen molar-refractivity contribution < 1.29 is 19.1 Å². The number of nitrogens with zero attached hydrogens (tertiary/aromatic N) is 1. The number of carbonyl (C=O) groups excluding carboxylic acids is 2. The summed E-state index contributed by atoms with van der Waals surface area (Å²) in [5.41, 5.74) is 2.92. The first-order valence-corrected chi connectivity index (χ1v) is 10.1. The maximum Gasteiger partial charge on any atom is 0.261 e. The molecular weight excluding hydrogens is 380 g/mol. The number of benzene rings is 2. The molecule has 0 spiro atoms. The highest BCUT2D eigenvalue weighted by atomic mass is 16.5. The molecule has 0 fully saturated rings. The van der Waals surface area contributed by atoms with Crippen molar-refractivity contribution in [1.82, 2.24) is 10.2 Å². The lowest BCUT2D eigenvalue weighted by molar-refractivity contribution is -0.142. The second kappa shape index (κ2) is 10.7. The highest BCUT2D eigenvalue weighted by Gasteiger charge is 2.27. The van der Waals surface area contributed by atoms with E-state index in [-0.39, 0.29) is 24.5 Å². The molecule has 162 valence electrons. The molecule has 0 saturated heterocycles. The summed E-state index contributed by atoms with van der Waals surface area (Å²) >= 11 is 0. The van der Waals surface area contributed by atoms with Crippen LogP contribution < -0.4 is 14.8 Å². The van der Waals surface area contributed by atoms with Gasteiger partial charge in [-0.3, -0.25) is 9.59 Å². The van der Waals surface area contributed by atoms with Gasteiger partial charge in [-0.25, -0.2) is 0 Å². The average molecular weight is 413 g/mol. The summed E-state index contributed by atoms with van der Waals surface area (Å²) < 4.78 is 11.0. The van der Waals surface area contributed by atoms with Crippen LogP contribution in [0.1, 0.15) is 37.5 Å². The molecule has 2 rings (SSSR count). The van der Waals surface area contributed by atoms with E-state index < -0.39 is 6.04 Å². The Morgan fingerprint density at radius 2 is 1.70 bits per heavy atom. The monoisotopic (exact) mass is 412 g/mol. The minimum absolute atomic E-state index is 0.0101. The standard InChI is InChI=1S/C24H32N2O4/c1-16(2)25-24(28)19(5)26(14-20-9-11-21(29-6)12-10-20)23(27)15-30-22-13-17(3)7-8-18(22)4/h7-13,16,19H,14-15H2,1-6H3,(H,25,28)/t19-/m1/s1. The predicted molar refractivity (Wildman–Crippen MR) is 118 cm³/mol. The Bertz CT molecular complexity index is 862. The minimum Gasteiger partial charge on any atom is -0.497 e. The van der Waals surface area contributed by atoms with Crippen LogP contribution >= 0.6 is 0 Å². The third-order valence-electron chi connectivity index (χ3n) is 4.80. The van der Waals surface area contributed by atoms with Crippen LogP contribution in [0.2, 0.25) is 0 Å². The molecule has 0 bridgehead atoms. The molecule has 2 aromatic carbocycles. The Labute approximate surface area is 179 Å². The molecular formula is C24H32N2O4. The number of hydrogen-bond donors (Lipinski definition) is 1. The number of methoxy groups -OCH3 is 1. The Kier molecular flexibility index (Phi) is 8.27. The van der Waals surface area contributed by atoms with E-state index in [1.165, 1.54) is 0 Å². The number of hydrogen-bond acceptors (Lipinski definition) is 4. The van der Waals surface area contributed by atoms with Crippen LogP contribution in [-0.2, 0) is 16.1 Å². The van der Waals surface area contributed by atoms with Gasteiger partial charge in [0.05, 0.1) is 7.11 Å². The Morgan fingerprint density at radius 1 is 1.03 bits per heavy atom. The van der Waals surface area contributed by atoms with Crippen molar-refractivity contribution in [2.45, 2.75) is 53.2 Å². The van der Waals surface area contributed by atoms with Gasteiger partial charge in [0.15, 0.2) is 6.61 Å². The molecule has 0 saturated carbocycles. The normalized spacial score (nSPS) is 11.7. The van der Waals surface area contributed by atoms with Gasteiger partial charge in [-0.1, -0.05) is 24.3 Å². The first kappa shape index (κ1) is 23.3. The van der Waals surface area contributed by atoms with Crippen molar-refractivity contribution >= 4 is 11.8 Å². The quantitative estimate of drug-likeness (QED) is 0.683. The van der Waals surface area contributed by atoms with E-state index in [9.17, 15) is 9.59 Å². The van der Waals surface area contributed by atoms with Gasteiger partial charge in [0.1, 0.15) is 17.5 Å². The largest absolute Gasteiger partial charge is 0.497 e. The molecule has 0 aliphatic carbocycles. The van der Waals surface area contributed by atoms with Crippen molar-refractivity contribution in [2.24, 2.45) is 0 Å². The summed E-state index contributed by atoms with van der Waals surface area (Å²) in [6, 6.07) is 12.7. The van der Waals surface area contributed by atoms with E-state index >= 15 is 0 Å². The Hall–Kier alpha value is -3.02. The smallest absolute Gasteiger partial charge is 0.261 e. The van der Waals surface area contributed by atoms with Crippen LogP contribution in [-0.4, -0.2) is 42.5 Å². The molecule has 0 aromatic heterocycles. The van der Waals surface area contributed by atoms with E-state index in [0.717, 1.165) is 22.4 Å². The van der Waals surface area contributed by atoms with Crippen LogP contribution in [0.4, 0.5) is 0 Å². The molecule has 2 amide bonds. The van der Waals surface area contributed by atoms with E-state index in [1.807, 2.05) is 70.2 Å². The zero-order chi connectivity index (χ0) is 22.3. The number of amides is 2. The Balaban J connectivity index is 2.18. The van der Waals surface area contributed by atoms with Crippen LogP contribution in [0.25, 0.3) is 0 Å². The lowest BCUT2D eigenvalue weighted by atomic mass is 10.1. The summed E-state index contributed by atoms with van der Waals surface area (Å²) in [4.78, 5) is 27.2. The van der Waals surface area contributed by atoms with Gasteiger partial charge in [-0.05, 0) is 69.5 Å². The summed E-state index contributed by atoms with van der Waals surface area (Å²) in [5, 5.41) is 2.88. The third-order valence-corrected chi connectivity index (χ3v) is 4.80. The Morgan fingerprint density at radius 3 is 2.30 bits per heavy atom. The predicted octanol–water partition coefficient (Wildman–Crippen LogP) is 3.63. The molecule has 0 unspecified atom stereocenters. The second-order valence-corrected chi connectivity index (χ2v) is 7.77. The number of rotatable bonds is 9. The zero-order valence-electron chi connectivity index (χ0n) is 18.7. The molecule has 0 aliphatic heterocycles. The number of carbonyl (C=O) groups is 2. The van der Waals surface area contributed by atoms with Gasteiger partial charge in [0.2, 0.25) is 5.91 Å². The van der Waals surface area contributed by atoms with E-state index in [4.69, 9.17) is 9.47 Å². The SMILES string of the molecule is COc1ccc(CN(C(=O)COc2cc(C)ccc2C)[C@H](C)C(=O)NC(C)C)cc1. The van der Waals surface area contributed by atoms with Gasteiger partial charge in [-0.2, -0.15) is 0 Å². The number of nitrogens with one attached hydrogen (secondary N) is 1. The van der Waals surface area contributed by atoms with Crippen LogP contribution in [0.5, 0.6) is 11.5 Å². The fraction of sp³-hybridized carbons (Fsp3) is 0.417. The zero-order valence-corrected chi connectivity index (χ0v) is 18.7. The number of aryl methyl sites for hydroxylation is 2. The molecule has 2 aromatic rings. The van der Waals surface area contributed by atoms with Gasteiger partial charge < -0.3 is 19.7 Å². The maximum absolute atomic E-state index is 13.1. The van der Waals surface area contributed by atoms with Gasteiger partial charge in [-0.15, -0.1) is 0 Å². The van der Waals surface area contributed by atoms with Crippen molar-refractivity contribution in [2.75, 3.05) is 13.7 Å². The first-order chi connectivity index (χ1) is 14.2. The van der Waals surface area contributed by atoms with Crippen molar-refractivity contribution in [3.05, 3.63) is 59.2 Å². The van der Waals surface area contributed by atoms with Crippen LogP contribution in [0.3, 0.4) is 0 Å². The van der Waals surface area contributed by atoms with Crippen LogP contribution in [0, 0.1) is 13.8 Å². The molecule has 0 aliphatic rings. The lowest BCUT2D eigenvalue weighted by Crippen LogP contribution is -2.50. The molecule has 6 heteroatoms. The van der Waals surface area contributed by atoms with E-state index in [1.54, 1.807) is 18.9 Å². The van der Waals surface area contributed by atoms with Crippen molar-refractivity contribution in [1.29, 1.82) is 0 Å². The second-order valence-electron chi connectivity index (χ2n) is 7.77. The minimum atomic E-state index is -0.635. The number of ether oxygens (including phenoxy) is 2. The third kappa shape index (κ3) is 6.51. The van der Waals surface area contributed by atoms with E-state index in [2.05, 4.69) is 5.32 Å². The highest BCUT2D eigenvalue weighted by Crippen LogP contribution is 2.20. The molecule has 1 atom stereocenters. The molecule has 1 N–H and O–H groups in total. The van der Waals surface area contributed by atoms with Gasteiger partial charge in [0.25, 0.3) is 5.91 Å². The molecule has 30 heavy (non-hydrogen) atoms. The molecule has 0 heterocycles. The fourth-order valence-electron chi connectivity index (χ4n) is 3.00. The van der Waals surface area contributed by atoms with Gasteiger partial charge in [0, 0.05) is 12.6 Å². The maximum atomic E-state index is 13.1. The highest BCUT2D eigenvalue weighted by molar-refractivity contribution is 5.88. The summed E-state index contributed by atoms with van der Waals surface area (Å²) in [6.45, 7) is 9.59. The topological polar surface area (TPSA) is 67.9 Å². The molecule has 0 radical (unpaired) electrons. The average Bonchev–Trinajstić information content (AvgIpc) is 2.71. The van der Waals surface area contributed by atoms with Gasteiger partial charge >= 0.3 is 0 Å². The summed E-state index contributed by atoms with van der Waals surface area (Å²) in [6.07, 6.45) is 0. The summed E-state index contributed by atoms with van der Waals surface area (Å²) in [5.74, 6) is 0.962. The van der Waals surface area contributed by atoms with E-state index in [0.29, 0.717) is 12.3 Å². The van der Waals surface area contributed by atoms with Crippen molar-refractivity contribution in [3.8, 4) is 11.5 Å². The lowest BCUT2D eigenvalue weighted by Gasteiger charge is -2.29. The van der Waals surface area contributed by atoms with Crippen LogP contribution in [0.15, 0.2) is 42.5 Å².